The Bertz CT molecular complexity index is 1320. The summed E-state index contributed by atoms with van der Waals surface area (Å²) in [6.07, 6.45) is 0. The van der Waals surface area contributed by atoms with Gasteiger partial charge in [-0.1, -0.05) is 53.7 Å². The van der Waals surface area contributed by atoms with Crippen LogP contribution in [0, 0.1) is 0 Å². The van der Waals surface area contributed by atoms with Crippen molar-refractivity contribution in [3.63, 3.8) is 0 Å². The van der Waals surface area contributed by atoms with Gasteiger partial charge in [-0.15, -0.1) is 11.3 Å². The number of thiophene rings is 1. The smallest absolute Gasteiger partial charge is 0.272 e. The van der Waals surface area contributed by atoms with Gasteiger partial charge in [-0.2, -0.15) is 0 Å². The van der Waals surface area contributed by atoms with Gasteiger partial charge in [0, 0.05) is 5.02 Å². The van der Waals surface area contributed by atoms with E-state index >= 15 is 0 Å². The summed E-state index contributed by atoms with van der Waals surface area (Å²) < 4.78 is 7.72. The first-order chi connectivity index (χ1) is 15.6. The molecule has 4 aromatic rings. The number of carbonyl (C=O) groups is 1. The van der Waals surface area contributed by atoms with Crippen molar-refractivity contribution in [3.05, 3.63) is 80.9 Å². The molecule has 0 saturated carbocycles. The Morgan fingerprint density at radius 2 is 1.97 bits per heavy atom. The first-order valence-corrected chi connectivity index (χ1v) is 12.2. The summed E-state index contributed by atoms with van der Waals surface area (Å²) in [4.78, 5) is 30.4. The van der Waals surface area contributed by atoms with E-state index in [1.807, 2.05) is 48.7 Å². The van der Waals surface area contributed by atoms with E-state index in [4.69, 9.17) is 16.3 Å². The highest BCUT2D eigenvalue weighted by molar-refractivity contribution is 7.99. The maximum atomic E-state index is 13.1. The molecule has 0 fully saturated rings. The Morgan fingerprint density at radius 3 is 2.78 bits per heavy atom. The molecule has 0 bridgehead atoms. The average molecular weight is 486 g/mol. The highest BCUT2D eigenvalue weighted by Gasteiger charge is 2.16. The molecular weight excluding hydrogens is 466 g/mol. The van der Waals surface area contributed by atoms with Crippen LogP contribution in [0.25, 0.3) is 10.2 Å². The summed E-state index contributed by atoms with van der Waals surface area (Å²) >= 11 is 8.88. The number of benzene rings is 2. The lowest BCUT2D eigenvalue weighted by molar-refractivity contribution is -0.113. The molecule has 164 valence electrons. The average Bonchev–Trinajstić information content (AvgIpc) is 3.26. The van der Waals surface area contributed by atoms with Crippen molar-refractivity contribution in [1.29, 1.82) is 0 Å². The van der Waals surface area contributed by atoms with Gasteiger partial charge in [0.1, 0.15) is 10.4 Å². The predicted molar refractivity (Wildman–Crippen MR) is 131 cm³/mol. The number of anilines is 1. The number of ether oxygens (including phenoxy) is 1. The Hall–Kier alpha value is -2.81. The fraction of sp³-hybridized carbons (Fsp3) is 0.174. The number of halogens is 1. The van der Waals surface area contributed by atoms with Crippen LogP contribution in [0.4, 0.5) is 5.69 Å². The zero-order valence-corrected chi connectivity index (χ0v) is 19.6. The fourth-order valence-electron chi connectivity index (χ4n) is 3.14. The minimum Gasteiger partial charge on any atom is -0.492 e. The molecule has 1 amide bonds. The van der Waals surface area contributed by atoms with Crippen LogP contribution in [0.3, 0.4) is 0 Å². The summed E-state index contributed by atoms with van der Waals surface area (Å²) in [5, 5.41) is 5.75. The highest BCUT2D eigenvalue weighted by Crippen LogP contribution is 2.26. The zero-order valence-electron chi connectivity index (χ0n) is 17.2. The Kier molecular flexibility index (Phi) is 7.14. The van der Waals surface area contributed by atoms with Crippen LogP contribution < -0.4 is 15.6 Å². The number of amides is 1. The van der Waals surface area contributed by atoms with Crippen LogP contribution in [-0.4, -0.2) is 27.8 Å². The fourth-order valence-corrected chi connectivity index (χ4v) is 4.91. The molecule has 0 radical (unpaired) electrons. The molecule has 0 aliphatic carbocycles. The van der Waals surface area contributed by atoms with Crippen LogP contribution in [0.1, 0.15) is 12.5 Å². The summed E-state index contributed by atoms with van der Waals surface area (Å²) in [7, 11) is 0. The molecule has 0 saturated heterocycles. The van der Waals surface area contributed by atoms with Gasteiger partial charge in [0.25, 0.3) is 5.56 Å². The third kappa shape index (κ3) is 4.98. The number of carbonyl (C=O) groups excluding carboxylic acids is 1. The molecule has 9 heteroatoms. The third-order valence-corrected chi connectivity index (χ3v) is 6.85. The second-order valence-corrected chi connectivity index (χ2v) is 9.04. The van der Waals surface area contributed by atoms with Gasteiger partial charge < -0.3 is 10.1 Å². The number of nitrogens with one attached hydrogen (secondary N) is 1. The first-order valence-electron chi connectivity index (χ1n) is 9.92. The van der Waals surface area contributed by atoms with Crippen LogP contribution in [-0.2, 0) is 11.3 Å². The zero-order chi connectivity index (χ0) is 22.5. The largest absolute Gasteiger partial charge is 0.492 e. The molecule has 2 heterocycles. The van der Waals surface area contributed by atoms with Crippen molar-refractivity contribution in [2.45, 2.75) is 18.6 Å². The van der Waals surface area contributed by atoms with Gasteiger partial charge in [-0.3, -0.25) is 14.2 Å². The predicted octanol–water partition coefficient (Wildman–Crippen LogP) is 5.29. The maximum Gasteiger partial charge on any atom is 0.272 e. The normalized spacial score (nSPS) is 10.9. The Morgan fingerprint density at radius 1 is 1.19 bits per heavy atom. The van der Waals surface area contributed by atoms with Gasteiger partial charge in [-0.25, -0.2) is 4.98 Å². The van der Waals surface area contributed by atoms with E-state index in [9.17, 15) is 9.59 Å². The summed E-state index contributed by atoms with van der Waals surface area (Å²) in [6, 6.07) is 16.5. The Balaban J connectivity index is 1.58. The summed E-state index contributed by atoms with van der Waals surface area (Å²) in [6.45, 7) is 2.66. The molecule has 2 aromatic carbocycles. The lowest BCUT2D eigenvalue weighted by Gasteiger charge is -2.14. The van der Waals surface area contributed by atoms with E-state index in [2.05, 4.69) is 10.3 Å². The van der Waals surface area contributed by atoms with Crippen molar-refractivity contribution >= 4 is 56.5 Å². The maximum absolute atomic E-state index is 13.1. The van der Waals surface area contributed by atoms with Crippen molar-refractivity contribution in [3.8, 4) is 5.75 Å². The molecule has 4 rings (SSSR count). The van der Waals surface area contributed by atoms with Crippen LogP contribution in [0.5, 0.6) is 5.75 Å². The molecule has 0 aliphatic rings. The van der Waals surface area contributed by atoms with Crippen molar-refractivity contribution in [1.82, 2.24) is 9.55 Å². The molecule has 0 atom stereocenters. The number of rotatable bonds is 8. The van der Waals surface area contributed by atoms with E-state index in [1.54, 1.807) is 22.8 Å². The molecule has 1 N–H and O–H groups in total. The minimum atomic E-state index is -0.217. The van der Waals surface area contributed by atoms with E-state index in [-0.39, 0.29) is 23.8 Å². The molecule has 0 spiro atoms. The number of para-hydroxylation sites is 2. The topological polar surface area (TPSA) is 73.2 Å². The van der Waals surface area contributed by atoms with Gasteiger partial charge in [-0.05, 0) is 42.1 Å². The molecular formula is C23H20ClN3O3S2. The summed E-state index contributed by atoms with van der Waals surface area (Å²) in [5.41, 5.74) is 1.90. The van der Waals surface area contributed by atoms with Crippen molar-refractivity contribution in [2.75, 3.05) is 17.7 Å². The minimum absolute atomic E-state index is 0.0884. The van der Waals surface area contributed by atoms with Crippen molar-refractivity contribution in [2.24, 2.45) is 0 Å². The summed E-state index contributed by atoms with van der Waals surface area (Å²) in [5.74, 6) is 0.485. The van der Waals surface area contributed by atoms with Crippen molar-refractivity contribution < 1.29 is 9.53 Å². The lowest BCUT2D eigenvalue weighted by Crippen LogP contribution is -2.24. The molecule has 6 nitrogen and oxygen atoms in total. The Labute approximate surface area is 198 Å². The highest BCUT2D eigenvalue weighted by atomic mass is 35.5. The van der Waals surface area contributed by atoms with E-state index < -0.39 is 0 Å². The number of hydrogen-bond acceptors (Lipinski definition) is 6. The molecule has 32 heavy (non-hydrogen) atoms. The van der Waals surface area contributed by atoms with Crippen LogP contribution in [0.15, 0.2) is 69.9 Å². The number of nitrogens with zero attached hydrogens (tertiary/aromatic N) is 2. The quantitative estimate of drug-likeness (QED) is 0.271. The van der Waals surface area contributed by atoms with Gasteiger partial charge in [0.05, 0.1) is 30.1 Å². The van der Waals surface area contributed by atoms with Gasteiger partial charge >= 0.3 is 0 Å². The number of hydrogen-bond donors (Lipinski definition) is 1. The van der Waals surface area contributed by atoms with Gasteiger partial charge in [0.15, 0.2) is 5.16 Å². The standard InChI is InChI=1S/C23H20ClN3O3S2/c1-2-30-19-10-6-5-9-17(19)25-20(28)14-32-23-26-18-11-12-31-21(18)22(29)27(23)13-15-7-3-4-8-16(15)24/h3-12H,2,13-14H2,1H3,(H,25,28). The molecule has 0 aliphatic heterocycles. The van der Waals surface area contributed by atoms with E-state index in [1.165, 1.54) is 23.1 Å². The SMILES string of the molecule is CCOc1ccccc1NC(=O)CSc1nc2ccsc2c(=O)n1Cc1ccccc1Cl. The van der Waals surface area contributed by atoms with Gasteiger partial charge in [0.2, 0.25) is 5.91 Å². The van der Waals surface area contributed by atoms with Crippen LogP contribution >= 0.6 is 34.7 Å². The van der Waals surface area contributed by atoms with Crippen LogP contribution in [0.2, 0.25) is 5.02 Å². The second-order valence-electron chi connectivity index (χ2n) is 6.78. The number of thioether (sulfide) groups is 1. The van der Waals surface area contributed by atoms with E-state index in [0.717, 1.165) is 5.56 Å². The second kappa shape index (κ2) is 10.2. The monoisotopic (exact) mass is 485 g/mol. The number of aromatic nitrogens is 2. The first kappa shape index (κ1) is 22.4. The van der Waals surface area contributed by atoms with E-state index in [0.29, 0.717) is 38.4 Å². The number of fused-ring (bicyclic) bond motifs is 1. The lowest BCUT2D eigenvalue weighted by atomic mass is 10.2. The molecule has 0 unspecified atom stereocenters. The molecule has 2 aromatic heterocycles. The third-order valence-electron chi connectivity index (χ3n) is 4.61.